The summed E-state index contributed by atoms with van der Waals surface area (Å²) in [6.45, 7) is 7.55. The Hall–Kier alpha value is -0.120. The number of likely N-dealkylation sites (N-methyl/N-ethyl adjacent to an activating group) is 1. The molecule has 16 heavy (non-hydrogen) atoms. The summed E-state index contributed by atoms with van der Waals surface area (Å²) in [5.41, 5.74) is 5.82. The molecule has 0 aromatic rings. The van der Waals surface area contributed by atoms with Crippen LogP contribution in [0.2, 0.25) is 0 Å². The maximum absolute atomic E-state index is 5.82. The van der Waals surface area contributed by atoms with E-state index in [0.717, 1.165) is 19.6 Å². The van der Waals surface area contributed by atoms with E-state index in [2.05, 4.69) is 31.1 Å². The first-order valence-corrected chi connectivity index (χ1v) is 6.78. The van der Waals surface area contributed by atoms with E-state index in [1.54, 1.807) is 0 Å². The van der Waals surface area contributed by atoms with Crippen LogP contribution in [0.3, 0.4) is 0 Å². The lowest BCUT2D eigenvalue weighted by Gasteiger charge is -2.32. The second kappa shape index (κ2) is 7.25. The number of hydrogen-bond acceptors (Lipinski definition) is 3. The van der Waals surface area contributed by atoms with Crippen molar-refractivity contribution in [1.82, 2.24) is 10.2 Å². The normalized spacial score (nSPS) is 26.6. The lowest BCUT2D eigenvalue weighted by molar-refractivity contribution is 0.235. The van der Waals surface area contributed by atoms with Gasteiger partial charge in [0.25, 0.3) is 0 Å². The Balaban J connectivity index is 2.20. The molecule has 3 N–H and O–H groups in total. The largest absolute Gasteiger partial charge is 0.330 e. The Labute approximate surface area is 101 Å². The van der Waals surface area contributed by atoms with Gasteiger partial charge < -0.3 is 16.0 Å². The van der Waals surface area contributed by atoms with Crippen molar-refractivity contribution in [1.29, 1.82) is 0 Å². The van der Waals surface area contributed by atoms with E-state index in [9.17, 15) is 0 Å². The highest BCUT2D eigenvalue weighted by Gasteiger charge is 2.23. The first kappa shape index (κ1) is 13.9. The van der Waals surface area contributed by atoms with Crippen molar-refractivity contribution in [2.24, 2.45) is 11.7 Å². The highest BCUT2D eigenvalue weighted by molar-refractivity contribution is 4.81. The van der Waals surface area contributed by atoms with E-state index < -0.39 is 0 Å². The van der Waals surface area contributed by atoms with Gasteiger partial charge in [-0.15, -0.1) is 0 Å². The first-order chi connectivity index (χ1) is 7.65. The van der Waals surface area contributed by atoms with Crippen LogP contribution in [0.1, 0.15) is 39.5 Å². The number of nitrogens with zero attached hydrogens (tertiary/aromatic N) is 1. The second-order valence-electron chi connectivity index (χ2n) is 5.42. The summed E-state index contributed by atoms with van der Waals surface area (Å²) >= 11 is 0. The van der Waals surface area contributed by atoms with Crippen LogP contribution in [0, 0.1) is 5.92 Å². The monoisotopic (exact) mass is 227 g/mol. The van der Waals surface area contributed by atoms with Gasteiger partial charge in [0.1, 0.15) is 0 Å². The van der Waals surface area contributed by atoms with Crippen LogP contribution in [0.4, 0.5) is 0 Å². The molecule has 3 nitrogen and oxygen atoms in total. The molecule has 0 aromatic carbocycles. The van der Waals surface area contributed by atoms with Crippen LogP contribution in [0.25, 0.3) is 0 Å². The van der Waals surface area contributed by atoms with Crippen molar-refractivity contribution in [2.45, 2.75) is 51.6 Å². The maximum Gasteiger partial charge on any atom is 0.0108 e. The number of nitrogens with two attached hydrogens (primary N) is 1. The molecule has 1 aliphatic carbocycles. The molecular weight excluding hydrogens is 198 g/mol. The average Bonchev–Trinajstić information content (AvgIpc) is 2.29. The fourth-order valence-electron chi connectivity index (χ4n) is 2.44. The molecule has 1 rings (SSSR count). The number of hydrogen-bond donors (Lipinski definition) is 2. The van der Waals surface area contributed by atoms with Crippen LogP contribution < -0.4 is 11.1 Å². The van der Waals surface area contributed by atoms with Gasteiger partial charge in [0.05, 0.1) is 0 Å². The average molecular weight is 227 g/mol. The molecule has 2 atom stereocenters. The van der Waals surface area contributed by atoms with Crippen LogP contribution in [0.5, 0.6) is 0 Å². The summed E-state index contributed by atoms with van der Waals surface area (Å²) in [6.07, 6.45) is 5.36. The molecule has 0 radical (unpaired) electrons. The summed E-state index contributed by atoms with van der Waals surface area (Å²) in [5, 5.41) is 3.69. The number of rotatable bonds is 6. The van der Waals surface area contributed by atoms with E-state index in [1.807, 2.05) is 0 Å². The highest BCUT2D eigenvalue weighted by Crippen LogP contribution is 2.23. The summed E-state index contributed by atoms with van der Waals surface area (Å²) in [7, 11) is 2.19. The summed E-state index contributed by atoms with van der Waals surface area (Å²) in [4.78, 5) is 2.38. The molecule has 0 aromatic heterocycles. The number of nitrogens with one attached hydrogen (secondary N) is 1. The van der Waals surface area contributed by atoms with Crippen LogP contribution >= 0.6 is 0 Å². The van der Waals surface area contributed by atoms with E-state index >= 15 is 0 Å². The molecule has 1 aliphatic rings. The van der Waals surface area contributed by atoms with Crippen LogP contribution in [0.15, 0.2) is 0 Å². The van der Waals surface area contributed by atoms with Crippen molar-refractivity contribution < 1.29 is 0 Å². The molecule has 0 bridgehead atoms. The minimum Gasteiger partial charge on any atom is -0.330 e. The second-order valence-corrected chi connectivity index (χ2v) is 5.42. The maximum atomic E-state index is 5.82. The molecule has 0 aliphatic heterocycles. The summed E-state index contributed by atoms with van der Waals surface area (Å²) < 4.78 is 0. The Morgan fingerprint density at radius 2 is 2.00 bits per heavy atom. The zero-order valence-corrected chi connectivity index (χ0v) is 11.2. The molecule has 0 amide bonds. The third-order valence-corrected chi connectivity index (χ3v) is 3.96. The zero-order valence-electron chi connectivity index (χ0n) is 11.2. The third kappa shape index (κ3) is 4.40. The third-order valence-electron chi connectivity index (χ3n) is 3.96. The smallest absolute Gasteiger partial charge is 0.0108 e. The Bertz CT molecular complexity index is 182. The lowest BCUT2D eigenvalue weighted by Crippen LogP contribution is -2.45. The van der Waals surface area contributed by atoms with E-state index in [0.29, 0.717) is 18.0 Å². The molecule has 2 unspecified atom stereocenters. The van der Waals surface area contributed by atoms with Gasteiger partial charge in [-0.3, -0.25) is 0 Å². The fraction of sp³-hybridized carbons (Fsp3) is 1.00. The van der Waals surface area contributed by atoms with Crippen LogP contribution in [-0.4, -0.2) is 43.7 Å². The van der Waals surface area contributed by atoms with Gasteiger partial charge in [-0.05, 0) is 46.2 Å². The Kier molecular flexibility index (Phi) is 6.32. The highest BCUT2D eigenvalue weighted by atomic mass is 15.1. The minimum absolute atomic E-state index is 0.637. The van der Waals surface area contributed by atoms with Crippen molar-refractivity contribution in [2.75, 3.05) is 26.7 Å². The summed E-state index contributed by atoms with van der Waals surface area (Å²) in [6, 6.07) is 1.30. The standard InChI is InChI=1S/C13H29N3/c1-11(2)16(3)9-8-15-13-7-5-4-6-12(13)10-14/h11-13,15H,4-10,14H2,1-3H3. The van der Waals surface area contributed by atoms with Crippen molar-refractivity contribution in [3.63, 3.8) is 0 Å². The van der Waals surface area contributed by atoms with E-state index in [-0.39, 0.29) is 0 Å². The van der Waals surface area contributed by atoms with Crippen molar-refractivity contribution >= 4 is 0 Å². The van der Waals surface area contributed by atoms with Gasteiger partial charge in [-0.25, -0.2) is 0 Å². The van der Waals surface area contributed by atoms with Crippen molar-refractivity contribution in [3.8, 4) is 0 Å². The Morgan fingerprint density at radius 1 is 1.31 bits per heavy atom. The van der Waals surface area contributed by atoms with Crippen LogP contribution in [-0.2, 0) is 0 Å². The predicted molar refractivity (Wildman–Crippen MR) is 70.6 cm³/mol. The molecule has 1 fully saturated rings. The van der Waals surface area contributed by atoms with Gasteiger partial charge in [-0.2, -0.15) is 0 Å². The van der Waals surface area contributed by atoms with Gasteiger partial charge in [0.15, 0.2) is 0 Å². The van der Waals surface area contributed by atoms with E-state index in [4.69, 9.17) is 5.73 Å². The van der Waals surface area contributed by atoms with Crippen molar-refractivity contribution in [3.05, 3.63) is 0 Å². The molecule has 0 spiro atoms. The van der Waals surface area contributed by atoms with Gasteiger partial charge in [-0.1, -0.05) is 12.8 Å². The fourth-order valence-corrected chi connectivity index (χ4v) is 2.44. The van der Waals surface area contributed by atoms with Gasteiger partial charge in [0.2, 0.25) is 0 Å². The van der Waals surface area contributed by atoms with Gasteiger partial charge >= 0.3 is 0 Å². The quantitative estimate of drug-likeness (QED) is 0.721. The molecule has 96 valence electrons. The molecule has 0 heterocycles. The molecule has 0 saturated heterocycles. The van der Waals surface area contributed by atoms with E-state index in [1.165, 1.54) is 25.7 Å². The van der Waals surface area contributed by atoms with Gasteiger partial charge in [0, 0.05) is 25.2 Å². The Morgan fingerprint density at radius 3 is 2.62 bits per heavy atom. The topological polar surface area (TPSA) is 41.3 Å². The minimum atomic E-state index is 0.637. The SMILES string of the molecule is CC(C)N(C)CCNC1CCCCC1CN. The molecule has 3 heteroatoms. The first-order valence-electron chi connectivity index (χ1n) is 6.78. The summed E-state index contributed by atoms with van der Waals surface area (Å²) in [5.74, 6) is 0.707. The lowest BCUT2D eigenvalue weighted by atomic mass is 9.84. The molecule has 1 saturated carbocycles. The molecular formula is C13H29N3. The predicted octanol–water partition coefficient (Wildman–Crippen LogP) is 1.43. The zero-order chi connectivity index (χ0) is 12.0.